The molecule has 0 radical (unpaired) electrons. The van der Waals surface area contributed by atoms with Gasteiger partial charge in [0.25, 0.3) is 0 Å². The van der Waals surface area contributed by atoms with Crippen LogP contribution in [0.15, 0.2) is 140 Å². The summed E-state index contributed by atoms with van der Waals surface area (Å²) in [6.07, 6.45) is 1.86. The molecule has 0 saturated carbocycles. The molecule has 0 aliphatic carbocycles. The molecule has 1 aliphatic rings. The Hall–Kier alpha value is -6.53. The number of nitrogens with zero attached hydrogens (tertiary/aromatic N) is 4. The molecular formula is C62H70N4O2. The van der Waals surface area contributed by atoms with Crippen molar-refractivity contribution in [2.75, 3.05) is 16.5 Å². The zero-order valence-corrected chi connectivity index (χ0v) is 43.1. The highest BCUT2D eigenvalue weighted by atomic mass is 16.5. The van der Waals surface area contributed by atoms with Crippen molar-refractivity contribution in [3.63, 3.8) is 0 Å². The Kier molecular flexibility index (Phi) is 11.4. The topological polar surface area (TPSA) is 42.8 Å². The lowest BCUT2D eigenvalue weighted by Crippen LogP contribution is -2.25. The van der Waals surface area contributed by atoms with Gasteiger partial charge in [0.05, 0.1) is 22.4 Å². The van der Waals surface area contributed by atoms with Crippen molar-refractivity contribution in [1.29, 1.82) is 0 Å². The molecule has 0 saturated heterocycles. The maximum Gasteiger partial charge on any atom is 0.141 e. The van der Waals surface area contributed by atoms with Crippen LogP contribution in [0.4, 0.5) is 22.7 Å². The average molecular weight is 903 g/mol. The minimum atomic E-state index is -0.149. The van der Waals surface area contributed by atoms with Gasteiger partial charge in [-0.1, -0.05) is 158 Å². The lowest BCUT2D eigenvalue weighted by molar-refractivity contribution is 0.429. The molecule has 6 heteroatoms. The number of rotatable bonds is 7. The fourth-order valence-corrected chi connectivity index (χ4v) is 9.39. The van der Waals surface area contributed by atoms with E-state index in [0.29, 0.717) is 6.67 Å². The first-order chi connectivity index (χ1) is 31.8. The first-order valence-corrected chi connectivity index (χ1v) is 24.3. The number of aromatic nitrogens is 2. The predicted octanol–water partition coefficient (Wildman–Crippen LogP) is 17.5. The maximum absolute atomic E-state index is 7.09. The standard InChI is InChI=1S/C62H70N4O2/c1-58(2,3)40-31-41(59(4,5)6)33-44(32-40)65-39-64(53-25-18-19-26-54(53)65)43-21-20-22-45(36-43)67-46-27-28-49-48-23-16-17-24-52(48)66(55(49)37-46)56-38-47(29-30-63-56)68-57-50(61(10,11)12)34-42(60(7,8)9)35-51(57)62(13,14)15/h16-38H,39H2,1-15H3. The highest BCUT2D eigenvalue weighted by molar-refractivity contribution is 6.09. The zero-order chi connectivity index (χ0) is 48.7. The number of fused-ring (bicyclic) bond motifs is 4. The minimum Gasteiger partial charge on any atom is -0.457 e. The van der Waals surface area contributed by atoms with Gasteiger partial charge in [-0.25, -0.2) is 4.98 Å². The molecule has 68 heavy (non-hydrogen) atoms. The third-order valence-corrected chi connectivity index (χ3v) is 13.5. The Morgan fingerprint density at radius 3 is 1.54 bits per heavy atom. The van der Waals surface area contributed by atoms with Crippen molar-refractivity contribution in [2.24, 2.45) is 0 Å². The van der Waals surface area contributed by atoms with Gasteiger partial charge in [-0.15, -0.1) is 0 Å². The van der Waals surface area contributed by atoms with Crippen molar-refractivity contribution in [3.05, 3.63) is 167 Å². The summed E-state index contributed by atoms with van der Waals surface area (Å²) in [6, 6.07) is 48.0. The van der Waals surface area contributed by atoms with E-state index in [0.717, 1.165) is 56.3 Å². The van der Waals surface area contributed by atoms with Gasteiger partial charge in [-0.3, -0.25) is 4.57 Å². The van der Waals surface area contributed by atoms with Gasteiger partial charge in [-0.2, -0.15) is 0 Å². The van der Waals surface area contributed by atoms with Gasteiger partial charge in [0, 0.05) is 57.7 Å². The molecule has 0 fully saturated rings. The summed E-state index contributed by atoms with van der Waals surface area (Å²) in [5.41, 5.74) is 12.8. The van der Waals surface area contributed by atoms with Crippen LogP contribution >= 0.6 is 0 Å². The lowest BCUT2D eigenvalue weighted by atomic mass is 9.74. The van der Waals surface area contributed by atoms with E-state index in [-0.39, 0.29) is 27.1 Å². The van der Waals surface area contributed by atoms with E-state index in [1.807, 2.05) is 18.3 Å². The van der Waals surface area contributed by atoms with Gasteiger partial charge in [-0.05, 0) is 104 Å². The van der Waals surface area contributed by atoms with Gasteiger partial charge < -0.3 is 19.3 Å². The van der Waals surface area contributed by atoms with E-state index in [4.69, 9.17) is 14.5 Å². The normalized spacial score (nSPS) is 13.7. The van der Waals surface area contributed by atoms with E-state index in [9.17, 15) is 0 Å². The Balaban J connectivity index is 1.07. The molecule has 3 heterocycles. The maximum atomic E-state index is 7.09. The smallest absolute Gasteiger partial charge is 0.141 e. The SMILES string of the molecule is CC(C)(C)c1cc(N2CN(c3cccc(Oc4ccc5c6ccccc6n(-c6cc(Oc7c(C(C)(C)C)cc(C(C)(C)C)cc7C(C)(C)C)ccn6)c5c4)c3)c3ccccc32)cc(C(C)(C)C)c1. The van der Waals surface area contributed by atoms with Crippen molar-refractivity contribution < 1.29 is 9.47 Å². The summed E-state index contributed by atoms with van der Waals surface area (Å²) in [5, 5.41) is 2.27. The predicted molar refractivity (Wildman–Crippen MR) is 287 cm³/mol. The van der Waals surface area contributed by atoms with Crippen LogP contribution in [-0.4, -0.2) is 16.2 Å². The second-order valence-corrected chi connectivity index (χ2v) is 24.0. The highest BCUT2D eigenvalue weighted by Crippen LogP contribution is 2.48. The Morgan fingerprint density at radius 2 is 0.941 bits per heavy atom. The molecule has 6 aromatic carbocycles. The molecule has 0 bridgehead atoms. The minimum absolute atomic E-state index is 0.0110. The molecule has 6 nitrogen and oxygen atoms in total. The molecule has 0 unspecified atom stereocenters. The fraction of sp³-hybridized carbons (Fsp3) is 0.339. The van der Waals surface area contributed by atoms with Crippen LogP contribution in [0, 0.1) is 0 Å². The van der Waals surface area contributed by atoms with Crippen molar-refractivity contribution in [3.8, 4) is 28.8 Å². The number of hydrogen-bond acceptors (Lipinski definition) is 5. The molecule has 0 amide bonds. The Bertz CT molecular complexity index is 3130. The molecule has 2 aromatic heterocycles. The van der Waals surface area contributed by atoms with E-state index in [2.05, 4.69) is 240 Å². The van der Waals surface area contributed by atoms with Gasteiger partial charge in [0.1, 0.15) is 35.5 Å². The van der Waals surface area contributed by atoms with E-state index in [1.165, 1.54) is 44.9 Å². The summed E-state index contributed by atoms with van der Waals surface area (Å²) in [6.45, 7) is 35.0. The molecular weight excluding hydrogens is 833 g/mol. The van der Waals surface area contributed by atoms with Gasteiger partial charge in [0.15, 0.2) is 0 Å². The summed E-state index contributed by atoms with van der Waals surface area (Å²) in [4.78, 5) is 9.83. The van der Waals surface area contributed by atoms with Gasteiger partial charge >= 0.3 is 0 Å². The summed E-state index contributed by atoms with van der Waals surface area (Å²) < 4.78 is 16.1. The van der Waals surface area contributed by atoms with E-state index in [1.54, 1.807) is 0 Å². The van der Waals surface area contributed by atoms with Crippen LogP contribution in [0.25, 0.3) is 27.6 Å². The number of hydrogen-bond donors (Lipinski definition) is 0. The average Bonchev–Trinajstić information content (AvgIpc) is 3.81. The summed E-state index contributed by atoms with van der Waals surface area (Å²) >= 11 is 0. The van der Waals surface area contributed by atoms with Crippen LogP contribution < -0.4 is 19.3 Å². The second kappa shape index (κ2) is 16.6. The molecule has 0 atom stereocenters. The Labute approximate surface area is 405 Å². The summed E-state index contributed by atoms with van der Waals surface area (Å²) in [5.74, 6) is 3.94. The summed E-state index contributed by atoms with van der Waals surface area (Å²) in [7, 11) is 0. The first kappa shape index (κ1) is 46.6. The molecule has 9 rings (SSSR count). The fourth-order valence-electron chi connectivity index (χ4n) is 9.39. The monoisotopic (exact) mass is 903 g/mol. The van der Waals surface area contributed by atoms with Crippen LogP contribution in [0.5, 0.6) is 23.0 Å². The largest absolute Gasteiger partial charge is 0.457 e. The molecule has 350 valence electrons. The van der Waals surface area contributed by atoms with Gasteiger partial charge in [0.2, 0.25) is 0 Å². The third kappa shape index (κ3) is 8.98. The quantitative estimate of drug-likeness (QED) is 0.159. The lowest BCUT2D eigenvalue weighted by Gasteiger charge is -2.33. The number of anilines is 4. The van der Waals surface area contributed by atoms with Crippen LogP contribution in [0.1, 0.15) is 132 Å². The first-order valence-electron chi connectivity index (χ1n) is 24.3. The van der Waals surface area contributed by atoms with Crippen LogP contribution in [0.3, 0.4) is 0 Å². The molecule has 1 aliphatic heterocycles. The second-order valence-electron chi connectivity index (χ2n) is 24.0. The van der Waals surface area contributed by atoms with Crippen LogP contribution in [0.2, 0.25) is 0 Å². The van der Waals surface area contributed by atoms with Crippen molar-refractivity contribution >= 4 is 44.6 Å². The van der Waals surface area contributed by atoms with Crippen LogP contribution in [-0.2, 0) is 27.1 Å². The molecule has 0 N–H and O–H groups in total. The number of ether oxygens (including phenoxy) is 2. The Morgan fingerprint density at radius 1 is 0.412 bits per heavy atom. The number of benzene rings is 6. The number of para-hydroxylation sites is 3. The van der Waals surface area contributed by atoms with E-state index < -0.39 is 0 Å². The van der Waals surface area contributed by atoms with Crippen molar-refractivity contribution in [1.82, 2.24) is 9.55 Å². The third-order valence-electron chi connectivity index (χ3n) is 13.5. The molecule has 0 spiro atoms. The highest BCUT2D eigenvalue weighted by Gasteiger charge is 2.33. The van der Waals surface area contributed by atoms with E-state index >= 15 is 0 Å². The zero-order valence-electron chi connectivity index (χ0n) is 43.1. The number of pyridine rings is 1. The molecule has 8 aromatic rings. The van der Waals surface area contributed by atoms with Crippen molar-refractivity contribution in [2.45, 2.75) is 131 Å².